The van der Waals surface area contributed by atoms with Crippen molar-refractivity contribution in [3.63, 3.8) is 0 Å². The van der Waals surface area contributed by atoms with Crippen molar-refractivity contribution in [2.75, 3.05) is 7.11 Å². The average Bonchev–Trinajstić information content (AvgIpc) is 2.68. The summed E-state index contributed by atoms with van der Waals surface area (Å²) in [4.78, 5) is 0. The summed E-state index contributed by atoms with van der Waals surface area (Å²) in [5, 5.41) is 0. The fourth-order valence-corrected chi connectivity index (χ4v) is 3.28. The van der Waals surface area contributed by atoms with E-state index in [1.807, 2.05) is 66.7 Å². The van der Waals surface area contributed by atoms with Crippen LogP contribution in [0.5, 0.6) is 23.0 Å². The molecule has 4 rings (SSSR count). The van der Waals surface area contributed by atoms with Gasteiger partial charge in [-0.05, 0) is 42.0 Å². The Kier molecular flexibility index (Phi) is 4.50. The third-order valence-corrected chi connectivity index (χ3v) is 4.48. The van der Waals surface area contributed by atoms with Crippen LogP contribution in [0.1, 0.15) is 5.56 Å². The van der Waals surface area contributed by atoms with Crippen LogP contribution in [0.2, 0.25) is 0 Å². The highest BCUT2D eigenvalue weighted by Gasteiger charge is 2.18. The summed E-state index contributed by atoms with van der Waals surface area (Å²) >= 11 is 1.25. The first-order valence-electron chi connectivity index (χ1n) is 7.94. The van der Waals surface area contributed by atoms with E-state index in [-0.39, 0.29) is 0 Å². The lowest BCUT2D eigenvalue weighted by atomic mass is 10.0. The molecule has 0 aliphatic carbocycles. The zero-order valence-corrected chi connectivity index (χ0v) is 14.5. The maximum atomic E-state index is 5.86. The molecule has 0 saturated carbocycles. The van der Waals surface area contributed by atoms with Gasteiger partial charge in [0.25, 0.3) is 0 Å². The highest BCUT2D eigenvalue weighted by atomic mass is 32.2. The molecule has 3 aromatic rings. The number of nitrogens with one attached hydrogen (secondary N) is 1. The normalized spacial score (nSPS) is 12.8. The van der Waals surface area contributed by atoms with Gasteiger partial charge < -0.3 is 13.7 Å². The number of rotatable bonds is 4. The van der Waals surface area contributed by atoms with Crippen molar-refractivity contribution >= 4 is 12.2 Å². The van der Waals surface area contributed by atoms with Crippen molar-refractivity contribution in [3.8, 4) is 34.1 Å². The van der Waals surface area contributed by atoms with Gasteiger partial charge in [-0.1, -0.05) is 30.3 Å². The van der Waals surface area contributed by atoms with Crippen LogP contribution in [0.25, 0.3) is 11.1 Å². The van der Waals surface area contributed by atoms with Gasteiger partial charge in [0.1, 0.15) is 29.5 Å². The first-order valence-corrected chi connectivity index (χ1v) is 8.68. The molecule has 0 spiro atoms. The van der Waals surface area contributed by atoms with Gasteiger partial charge in [-0.25, -0.2) is 4.72 Å². The molecule has 0 atom stereocenters. The van der Waals surface area contributed by atoms with Crippen molar-refractivity contribution in [1.29, 1.82) is 0 Å². The van der Waals surface area contributed by atoms with Gasteiger partial charge in [0.2, 0.25) is 0 Å². The Bertz CT molecular complexity index is 866. The van der Waals surface area contributed by atoms with Crippen LogP contribution in [0, 0.1) is 0 Å². The number of hydrogen-bond donors (Lipinski definition) is 1. The van der Waals surface area contributed by atoms with Crippen LogP contribution < -0.4 is 18.4 Å². The Morgan fingerprint density at radius 1 is 0.920 bits per heavy atom. The molecule has 5 heteroatoms. The van der Waals surface area contributed by atoms with Gasteiger partial charge in [0, 0.05) is 17.7 Å². The van der Waals surface area contributed by atoms with Crippen LogP contribution in [0.15, 0.2) is 66.7 Å². The molecule has 0 amide bonds. The summed E-state index contributed by atoms with van der Waals surface area (Å²) in [7, 11) is 1.67. The van der Waals surface area contributed by atoms with E-state index >= 15 is 0 Å². The smallest absolute Gasteiger partial charge is 0.151 e. The predicted octanol–water partition coefficient (Wildman–Crippen LogP) is 5.20. The van der Waals surface area contributed by atoms with Gasteiger partial charge in [0.05, 0.1) is 7.11 Å². The molecule has 0 fully saturated rings. The molecule has 25 heavy (non-hydrogen) atoms. The second-order valence-corrected chi connectivity index (χ2v) is 6.21. The first kappa shape index (κ1) is 15.9. The Hall–Kier alpha value is -2.63. The van der Waals surface area contributed by atoms with Crippen LogP contribution >= 0.6 is 12.2 Å². The van der Waals surface area contributed by atoms with E-state index in [0.29, 0.717) is 0 Å². The van der Waals surface area contributed by atoms with Gasteiger partial charge in [-0.3, -0.25) is 0 Å². The minimum Gasteiger partial charge on any atom is -0.497 e. The molecule has 126 valence electrons. The second kappa shape index (κ2) is 7.09. The lowest BCUT2D eigenvalue weighted by molar-refractivity contribution is 0.413. The second-order valence-electron chi connectivity index (χ2n) is 5.59. The first-order chi connectivity index (χ1) is 12.3. The molecule has 0 saturated heterocycles. The van der Waals surface area contributed by atoms with Crippen molar-refractivity contribution in [2.24, 2.45) is 0 Å². The molecule has 1 aliphatic rings. The minimum atomic E-state index is 0.736. The Morgan fingerprint density at radius 3 is 2.44 bits per heavy atom. The van der Waals surface area contributed by atoms with Crippen molar-refractivity contribution < 1.29 is 13.7 Å². The minimum absolute atomic E-state index is 0.736. The number of benzene rings is 3. The largest absolute Gasteiger partial charge is 0.497 e. The molecular formula is C20H17NO3S. The van der Waals surface area contributed by atoms with Gasteiger partial charge >= 0.3 is 0 Å². The lowest BCUT2D eigenvalue weighted by Gasteiger charge is -2.20. The van der Waals surface area contributed by atoms with Crippen LogP contribution in [-0.2, 0) is 6.54 Å². The molecule has 0 unspecified atom stereocenters. The number of para-hydroxylation sites is 1. The molecule has 4 nitrogen and oxygen atoms in total. The third-order valence-electron chi connectivity index (χ3n) is 3.97. The fourth-order valence-electron chi connectivity index (χ4n) is 2.73. The summed E-state index contributed by atoms with van der Waals surface area (Å²) in [6.45, 7) is 0.736. The Morgan fingerprint density at radius 2 is 1.68 bits per heavy atom. The lowest BCUT2D eigenvalue weighted by Crippen LogP contribution is -2.13. The highest BCUT2D eigenvalue weighted by molar-refractivity contribution is 7.93. The fraction of sp³-hybridized carbons (Fsp3) is 0.100. The van der Waals surface area contributed by atoms with E-state index in [4.69, 9.17) is 13.7 Å². The summed E-state index contributed by atoms with van der Waals surface area (Å²) in [6, 6.07) is 21.7. The molecule has 3 aromatic carbocycles. The number of ether oxygens (including phenoxy) is 2. The molecule has 1 heterocycles. The van der Waals surface area contributed by atoms with E-state index in [1.54, 1.807) is 7.11 Å². The van der Waals surface area contributed by atoms with E-state index in [1.165, 1.54) is 12.2 Å². The molecule has 1 aliphatic heterocycles. The van der Waals surface area contributed by atoms with E-state index in [9.17, 15) is 0 Å². The molecule has 0 radical (unpaired) electrons. The van der Waals surface area contributed by atoms with Gasteiger partial charge in [0.15, 0.2) is 5.75 Å². The zero-order valence-electron chi connectivity index (χ0n) is 13.7. The Labute approximate surface area is 151 Å². The zero-order chi connectivity index (χ0) is 17.1. The SMILES string of the molecule is COc1cc2c(c(-c3ccc(Oc4ccccc4)cc3)c1)OSNC2. The van der Waals surface area contributed by atoms with Crippen LogP contribution in [-0.4, -0.2) is 7.11 Å². The summed E-state index contributed by atoms with van der Waals surface area (Å²) in [5.41, 5.74) is 3.14. The average molecular weight is 351 g/mol. The van der Waals surface area contributed by atoms with Crippen molar-refractivity contribution in [1.82, 2.24) is 4.72 Å². The quantitative estimate of drug-likeness (QED) is 0.517. The van der Waals surface area contributed by atoms with Gasteiger partial charge in [-0.2, -0.15) is 0 Å². The van der Waals surface area contributed by atoms with Crippen molar-refractivity contribution in [3.05, 3.63) is 72.3 Å². The topological polar surface area (TPSA) is 39.7 Å². The molecule has 0 bridgehead atoms. The molecule has 0 aromatic heterocycles. The van der Waals surface area contributed by atoms with E-state index in [0.717, 1.165) is 46.2 Å². The number of fused-ring (bicyclic) bond motifs is 1. The standard InChI is InChI=1S/C20H17NO3S/c1-22-18-11-15-13-21-25-24-20(15)19(12-18)14-7-9-17(10-8-14)23-16-5-3-2-4-6-16/h2-12,21H,13H2,1H3. The summed E-state index contributed by atoms with van der Waals surface area (Å²) < 4.78 is 20.2. The highest BCUT2D eigenvalue weighted by Crippen LogP contribution is 2.41. The summed E-state index contributed by atoms with van der Waals surface area (Å²) in [6.07, 6.45) is 0. The van der Waals surface area contributed by atoms with E-state index in [2.05, 4.69) is 4.72 Å². The summed E-state index contributed by atoms with van der Waals surface area (Å²) in [5.74, 6) is 3.31. The monoisotopic (exact) mass is 351 g/mol. The van der Waals surface area contributed by atoms with Gasteiger partial charge in [-0.15, -0.1) is 0 Å². The maximum absolute atomic E-state index is 5.86. The predicted molar refractivity (Wildman–Crippen MR) is 100 cm³/mol. The molecular weight excluding hydrogens is 334 g/mol. The van der Waals surface area contributed by atoms with Crippen LogP contribution in [0.3, 0.4) is 0 Å². The number of hydrogen-bond acceptors (Lipinski definition) is 5. The number of methoxy groups -OCH3 is 1. The van der Waals surface area contributed by atoms with E-state index < -0.39 is 0 Å². The molecule has 1 N–H and O–H groups in total. The van der Waals surface area contributed by atoms with Crippen molar-refractivity contribution in [2.45, 2.75) is 6.54 Å². The van der Waals surface area contributed by atoms with Crippen LogP contribution in [0.4, 0.5) is 0 Å². The Balaban J connectivity index is 1.66. The third kappa shape index (κ3) is 3.43. The maximum Gasteiger partial charge on any atom is 0.151 e.